The highest BCUT2D eigenvalue weighted by Crippen LogP contribution is 2.37. The van der Waals surface area contributed by atoms with Crippen LogP contribution in [-0.2, 0) is 0 Å². The zero-order chi connectivity index (χ0) is 22.0. The first-order valence-corrected chi connectivity index (χ1v) is 11.2. The van der Waals surface area contributed by atoms with Crippen LogP contribution in [0, 0.1) is 25.2 Å². The van der Waals surface area contributed by atoms with E-state index in [1.165, 1.54) is 22.3 Å². The summed E-state index contributed by atoms with van der Waals surface area (Å²) in [7, 11) is 0. The van der Waals surface area contributed by atoms with E-state index in [4.69, 9.17) is 16.9 Å². The van der Waals surface area contributed by atoms with Gasteiger partial charge in [-0.05, 0) is 61.7 Å². The largest absolute Gasteiger partial charge is 0.361 e. The maximum absolute atomic E-state index is 9.10. The van der Waals surface area contributed by atoms with Crippen LogP contribution >= 0.6 is 11.6 Å². The third kappa shape index (κ3) is 4.61. The van der Waals surface area contributed by atoms with E-state index in [1.54, 1.807) is 0 Å². The van der Waals surface area contributed by atoms with E-state index in [0.717, 1.165) is 30.3 Å². The molecule has 0 bridgehead atoms. The number of benzene rings is 3. The fraction of sp³-hybridized carbons (Fsp3) is 0.296. The molecule has 0 spiro atoms. The molecule has 4 rings (SSSR count). The Morgan fingerprint density at radius 1 is 0.935 bits per heavy atom. The molecule has 0 saturated carbocycles. The van der Waals surface area contributed by atoms with Crippen LogP contribution in [0.1, 0.15) is 46.8 Å². The molecule has 4 heteroatoms. The van der Waals surface area contributed by atoms with E-state index in [9.17, 15) is 0 Å². The van der Waals surface area contributed by atoms with Gasteiger partial charge in [-0.25, -0.2) is 0 Å². The molecule has 0 aliphatic carbocycles. The SMILES string of the molecule is Cc1ccc([C@@H]2CN([C@H](C)c3ccc(C#N)cc3)CCN2c2ccc(C)cc2Cl)cc1. The lowest BCUT2D eigenvalue weighted by atomic mass is 9.97. The zero-order valence-electron chi connectivity index (χ0n) is 18.3. The Morgan fingerprint density at radius 2 is 1.61 bits per heavy atom. The van der Waals surface area contributed by atoms with Gasteiger partial charge in [0.2, 0.25) is 0 Å². The van der Waals surface area contributed by atoms with Crippen LogP contribution in [0.15, 0.2) is 66.7 Å². The average Bonchev–Trinajstić information content (AvgIpc) is 2.79. The molecule has 2 atom stereocenters. The number of nitrogens with zero attached hydrogens (tertiary/aromatic N) is 3. The smallest absolute Gasteiger partial charge is 0.0991 e. The Bertz CT molecular complexity index is 1080. The Hall–Kier alpha value is -2.80. The van der Waals surface area contributed by atoms with Crippen LogP contribution in [0.3, 0.4) is 0 Å². The molecule has 1 fully saturated rings. The topological polar surface area (TPSA) is 30.3 Å². The molecule has 158 valence electrons. The van der Waals surface area contributed by atoms with Crippen LogP contribution in [0.5, 0.6) is 0 Å². The van der Waals surface area contributed by atoms with E-state index in [2.05, 4.69) is 91.2 Å². The molecule has 0 N–H and O–H groups in total. The molecule has 3 nitrogen and oxygen atoms in total. The van der Waals surface area contributed by atoms with Gasteiger partial charge in [0.25, 0.3) is 0 Å². The summed E-state index contributed by atoms with van der Waals surface area (Å²) in [6, 6.07) is 25.9. The molecule has 0 radical (unpaired) electrons. The van der Waals surface area contributed by atoms with Gasteiger partial charge in [0, 0.05) is 25.7 Å². The lowest BCUT2D eigenvalue weighted by Gasteiger charge is -2.45. The maximum atomic E-state index is 9.10. The van der Waals surface area contributed by atoms with E-state index >= 15 is 0 Å². The summed E-state index contributed by atoms with van der Waals surface area (Å²) in [6.07, 6.45) is 0. The molecule has 0 aromatic heterocycles. The quantitative estimate of drug-likeness (QED) is 0.477. The van der Waals surface area contributed by atoms with Gasteiger partial charge in [0.1, 0.15) is 0 Å². The molecule has 0 amide bonds. The van der Waals surface area contributed by atoms with Gasteiger partial charge in [-0.2, -0.15) is 5.26 Å². The number of nitriles is 1. The van der Waals surface area contributed by atoms with Crippen molar-refractivity contribution in [3.05, 3.63) is 99.6 Å². The predicted molar refractivity (Wildman–Crippen MR) is 129 cm³/mol. The van der Waals surface area contributed by atoms with Gasteiger partial charge in [-0.15, -0.1) is 0 Å². The van der Waals surface area contributed by atoms with E-state index in [-0.39, 0.29) is 12.1 Å². The fourth-order valence-electron chi connectivity index (χ4n) is 4.41. The van der Waals surface area contributed by atoms with E-state index in [0.29, 0.717) is 5.56 Å². The number of rotatable bonds is 4. The normalized spacial score (nSPS) is 17.9. The summed E-state index contributed by atoms with van der Waals surface area (Å²) < 4.78 is 0. The molecule has 3 aromatic rings. The summed E-state index contributed by atoms with van der Waals surface area (Å²) in [4.78, 5) is 4.99. The van der Waals surface area contributed by atoms with Crippen LogP contribution < -0.4 is 4.90 Å². The summed E-state index contributed by atoms with van der Waals surface area (Å²) in [5.74, 6) is 0. The van der Waals surface area contributed by atoms with Gasteiger partial charge in [-0.3, -0.25) is 4.90 Å². The number of anilines is 1. The summed E-state index contributed by atoms with van der Waals surface area (Å²) in [6.45, 7) is 9.22. The second-order valence-electron chi connectivity index (χ2n) is 8.48. The van der Waals surface area contributed by atoms with Gasteiger partial charge >= 0.3 is 0 Å². The molecule has 1 heterocycles. The van der Waals surface area contributed by atoms with Crippen molar-refractivity contribution in [3.63, 3.8) is 0 Å². The molecular weight excluding hydrogens is 402 g/mol. The second kappa shape index (κ2) is 9.14. The number of hydrogen-bond donors (Lipinski definition) is 0. The Morgan fingerprint density at radius 3 is 2.26 bits per heavy atom. The Balaban J connectivity index is 1.65. The van der Waals surface area contributed by atoms with Crippen molar-refractivity contribution in [3.8, 4) is 6.07 Å². The van der Waals surface area contributed by atoms with Crippen molar-refractivity contribution < 1.29 is 0 Å². The number of halogens is 1. The van der Waals surface area contributed by atoms with E-state index in [1.807, 2.05) is 12.1 Å². The minimum Gasteiger partial charge on any atom is -0.361 e. The predicted octanol–water partition coefficient (Wildman–Crippen LogP) is 6.45. The maximum Gasteiger partial charge on any atom is 0.0991 e. The third-order valence-electron chi connectivity index (χ3n) is 6.36. The molecule has 31 heavy (non-hydrogen) atoms. The number of piperazine rings is 1. The summed E-state index contributed by atoms with van der Waals surface area (Å²) in [5.41, 5.74) is 6.79. The lowest BCUT2D eigenvalue weighted by Crippen LogP contribution is -2.49. The van der Waals surface area contributed by atoms with Crippen molar-refractivity contribution in [1.29, 1.82) is 5.26 Å². The molecule has 1 saturated heterocycles. The van der Waals surface area contributed by atoms with E-state index < -0.39 is 0 Å². The highest BCUT2D eigenvalue weighted by Gasteiger charge is 2.32. The van der Waals surface area contributed by atoms with Crippen molar-refractivity contribution in [1.82, 2.24) is 4.90 Å². The summed E-state index contributed by atoms with van der Waals surface area (Å²) in [5, 5.41) is 9.91. The van der Waals surface area contributed by atoms with Gasteiger partial charge < -0.3 is 4.90 Å². The first kappa shape index (κ1) is 21.4. The number of aryl methyl sites for hydroxylation is 2. The van der Waals surface area contributed by atoms with Crippen LogP contribution in [0.2, 0.25) is 5.02 Å². The summed E-state index contributed by atoms with van der Waals surface area (Å²) >= 11 is 6.68. The highest BCUT2D eigenvalue weighted by molar-refractivity contribution is 6.33. The Labute approximate surface area is 190 Å². The van der Waals surface area contributed by atoms with Gasteiger partial charge in [-0.1, -0.05) is 59.6 Å². The second-order valence-corrected chi connectivity index (χ2v) is 8.89. The van der Waals surface area contributed by atoms with Crippen LogP contribution in [0.4, 0.5) is 5.69 Å². The fourth-order valence-corrected chi connectivity index (χ4v) is 4.75. The average molecular weight is 430 g/mol. The van der Waals surface area contributed by atoms with Gasteiger partial charge in [0.15, 0.2) is 0 Å². The molecular formula is C27H28ClN3. The van der Waals surface area contributed by atoms with Crippen molar-refractivity contribution >= 4 is 17.3 Å². The van der Waals surface area contributed by atoms with Crippen LogP contribution in [-0.4, -0.2) is 24.5 Å². The minimum absolute atomic E-state index is 0.218. The molecule has 1 aliphatic rings. The first-order chi connectivity index (χ1) is 15.0. The Kier molecular flexibility index (Phi) is 6.32. The zero-order valence-corrected chi connectivity index (χ0v) is 19.1. The molecule has 3 aromatic carbocycles. The number of hydrogen-bond acceptors (Lipinski definition) is 3. The van der Waals surface area contributed by atoms with Crippen LogP contribution in [0.25, 0.3) is 0 Å². The lowest BCUT2D eigenvalue weighted by molar-refractivity contribution is 0.171. The molecule has 1 aliphatic heterocycles. The van der Waals surface area contributed by atoms with Crippen molar-refractivity contribution in [2.75, 3.05) is 24.5 Å². The van der Waals surface area contributed by atoms with Crippen molar-refractivity contribution in [2.24, 2.45) is 0 Å². The first-order valence-electron chi connectivity index (χ1n) is 10.8. The minimum atomic E-state index is 0.218. The molecule has 0 unspecified atom stereocenters. The highest BCUT2D eigenvalue weighted by atomic mass is 35.5. The monoisotopic (exact) mass is 429 g/mol. The van der Waals surface area contributed by atoms with Gasteiger partial charge in [0.05, 0.1) is 28.4 Å². The van der Waals surface area contributed by atoms with Crippen molar-refractivity contribution in [2.45, 2.75) is 32.9 Å². The third-order valence-corrected chi connectivity index (χ3v) is 6.66. The standard InChI is InChI=1S/C27H28ClN3/c1-19-4-9-24(10-5-19)27-18-30(21(3)23-11-7-22(17-29)8-12-23)14-15-31(27)26-13-6-20(2)16-25(26)28/h4-13,16,21,27H,14-15,18H2,1-3H3/t21-,27+/m1/s1.